The van der Waals surface area contributed by atoms with Crippen LogP contribution in [0.15, 0.2) is 0 Å². The number of nitrogens with one attached hydrogen (secondary N) is 2. The van der Waals surface area contributed by atoms with Crippen LogP contribution in [0.25, 0.3) is 0 Å². The highest BCUT2D eigenvalue weighted by Crippen LogP contribution is 2.28. The molecule has 3 unspecified atom stereocenters. The van der Waals surface area contributed by atoms with E-state index in [0.29, 0.717) is 11.3 Å². The first-order valence-corrected chi connectivity index (χ1v) is 6.48. The van der Waals surface area contributed by atoms with Gasteiger partial charge in [0.15, 0.2) is 0 Å². The van der Waals surface area contributed by atoms with Crippen molar-refractivity contribution >= 4 is 17.7 Å². The van der Waals surface area contributed by atoms with Crippen molar-refractivity contribution in [3.63, 3.8) is 0 Å². The zero-order chi connectivity index (χ0) is 10.6. The molecular weight excluding hydrogens is 196 g/mol. The largest absolute Gasteiger partial charge is 0.358 e. The predicted octanol–water partition coefficient (Wildman–Crippen LogP) is 0.995. The summed E-state index contributed by atoms with van der Waals surface area (Å²) >= 11 is 1.91. The maximum Gasteiger partial charge on any atom is 0.236 e. The Morgan fingerprint density at radius 1 is 1.50 bits per heavy atom. The molecule has 4 heteroatoms. The number of likely N-dealkylation sites (N-methyl/N-ethyl adjacent to an activating group) is 1. The van der Waals surface area contributed by atoms with Crippen molar-refractivity contribution in [3.8, 4) is 0 Å². The third-order valence-electron chi connectivity index (χ3n) is 2.86. The van der Waals surface area contributed by atoms with Gasteiger partial charge in [-0.3, -0.25) is 4.79 Å². The van der Waals surface area contributed by atoms with Gasteiger partial charge in [-0.25, -0.2) is 0 Å². The topological polar surface area (TPSA) is 41.1 Å². The summed E-state index contributed by atoms with van der Waals surface area (Å²) in [5.41, 5.74) is 0. The third kappa shape index (κ3) is 2.89. The lowest BCUT2D eigenvalue weighted by molar-refractivity contribution is -0.122. The van der Waals surface area contributed by atoms with Crippen molar-refractivity contribution in [1.29, 1.82) is 0 Å². The SMILES string of the molecule is CNC(=O)C(C)NC1CCCC1SC. The Morgan fingerprint density at radius 2 is 2.21 bits per heavy atom. The summed E-state index contributed by atoms with van der Waals surface area (Å²) in [7, 11) is 1.68. The molecule has 0 heterocycles. The number of carbonyl (C=O) groups is 1. The molecule has 0 spiro atoms. The molecule has 2 N–H and O–H groups in total. The van der Waals surface area contributed by atoms with Crippen LogP contribution < -0.4 is 10.6 Å². The van der Waals surface area contributed by atoms with Gasteiger partial charge in [-0.15, -0.1) is 0 Å². The fraction of sp³-hybridized carbons (Fsp3) is 0.900. The first-order valence-electron chi connectivity index (χ1n) is 5.19. The maximum atomic E-state index is 11.3. The van der Waals surface area contributed by atoms with Gasteiger partial charge in [0.05, 0.1) is 6.04 Å². The molecule has 0 saturated heterocycles. The van der Waals surface area contributed by atoms with Crippen molar-refractivity contribution in [2.24, 2.45) is 0 Å². The number of hydrogen-bond donors (Lipinski definition) is 2. The van der Waals surface area contributed by atoms with Gasteiger partial charge in [-0.1, -0.05) is 6.42 Å². The second-order valence-corrected chi connectivity index (χ2v) is 4.89. The Balaban J connectivity index is 2.39. The molecule has 3 nitrogen and oxygen atoms in total. The summed E-state index contributed by atoms with van der Waals surface area (Å²) in [6.07, 6.45) is 5.91. The van der Waals surface area contributed by atoms with Crippen LogP contribution in [0.4, 0.5) is 0 Å². The monoisotopic (exact) mass is 216 g/mol. The molecule has 0 aromatic heterocycles. The first kappa shape index (κ1) is 11.9. The Morgan fingerprint density at radius 3 is 2.79 bits per heavy atom. The number of carbonyl (C=O) groups excluding carboxylic acids is 1. The minimum Gasteiger partial charge on any atom is -0.358 e. The zero-order valence-electron chi connectivity index (χ0n) is 9.17. The van der Waals surface area contributed by atoms with Gasteiger partial charge in [0.25, 0.3) is 0 Å². The normalized spacial score (nSPS) is 28.8. The van der Waals surface area contributed by atoms with E-state index < -0.39 is 0 Å². The Bertz CT molecular complexity index is 199. The molecule has 0 radical (unpaired) electrons. The molecule has 1 amide bonds. The Hall–Kier alpha value is -0.220. The van der Waals surface area contributed by atoms with Crippen LogP contribution >= 0.6 is 11.8 Å². The fourth-order valence-corrected chi connectivity index (χ4v) is 2.96. The van der Waals surface area contributed by atoms with Crippen molar-refractivity contribution in [2.45, 2.75) is 43.5 Å². The summed E-state index contributed by atoms with van der Waals surface area (Å²) < 4.78 is 0. The van der Waals surface area contributed by atoms with Gasteiger partial charge < -0.3 is 10.6 Å². The number of thioether (sulfide) groups is 1. The quantitative estimate of drug-likeness (QED) is 0.736. The van der Waals surface area contributed by atoms with Crippen LogP contribution in [0.5, 0.6) is 0 Å². The summed E-state index contributed by atoms with van der Waals surface area (Å²) in [5, 5.41) is 6.74. The van der Waals surface area contributed by atoms with Crippen LogP contribution in [0.1, 0.15) is 26.2 Å². The third-order valence-corrected chi connectivity index (χ3v) is 4.03. The lowest BCUT2D eigenvalue weighted by atomic mass is 10.2. The molecule has 0 bridgehead atoms. The van der Waals surface area contributed by atoms with E-state index in [0.717, 1.165) is 0 Å². The maximum absolute atomic E-state index is 11.3. The van der Waals surface area contributed by atoms with E-state index in [9.17, 15) is 4.79 Å². The Labute approximate surface area is 90.4 Å². The lowest BCUT2D eigenvalue weighted by Crippen LogP contribution is -2.47. The highest BCUT2D eigenvalue weighted by Gasteiger charge is 2.28. The molecule has 1 saturated carbocycles. The second kappa shape index (κ2) is 5.61. The lowest BCUT2D eigenvalue weighted by Gasteiger charge is -2.22. The van der Waals surface area contributed by atoms with Crippen LogP contribution in [-0.4, -0.2) is 36.5 Å². The Kier molecular flexibility index (Phi) is 4.75. The standard InChI is InChI=1S/C10H20N2OS/c1-7(10(13)11-2)12-8-5-4-6-9(8)14-3/h7-9,12H,4-6H2,1-3H3,(H,11,13). The fourth-order valence-electron chi connectivity index (χ4n) is 2.01. The average Bonchev–Trinajstić information content (AvgIpc) is 2.63. The molecular formula is C10H20N2OS. The van der Waals surface area contributed by atoms with Crippen molar-refractivity contribution < 1.29 is 4.79 Å². The predicted molar refractivity (Wildman–Crippen MR) is 61.6 cm³/mol. The van der Waals surface area contributed by atoms with E-state index in [4.69, 9.17) is 0 Å². The minimum absolute atomic E-state index is 0.0715. The second-order valence-electron chi connectivity index (χ2n) is 3.81. The summed E-state index contributed by atoms with van der Waals surface area (Å²) in [4.78, 5) is 11.3. The first-order chi connectivity index (χ1) is 6.69. The smallest absolute Gasteiger partial charge is 0.236 e. The van der Waals surface area contributed by atoms with E-state index in [1.165, 1.54) is 19.3 Å². The number of rotatable bonds is 4. The van der Waals surface area contributed by atoms with Crippen molar-refractivity contribution in [2.75, 3.05) is 13.3 Å². The van der Waals surface area contributed by atoms with Gasteiger partial charge in [0.1, 0.15) is 0 Å². The van der Waals surface area contributed by atoms with Gasteiger partial charge in [0.2, 0.25) is 5.91 Å². The van der Waals surface area contributed by atoms with Gasteiger partial charge in [0, 0.05) is 18.3 Å². The minimum atomic E-state index is -0.0715. The number of hydrogen-bond acceptors (Lipinski definition) is 3. The van der Waals surface area contributed by atoms with Crippen molar-refractivity contribution in [1.82, 2.24) is 10.6 Å². The van der Waals surface area contributed by atoms with E-state index in [1.54, 1.807) is 7.05 Å². The summed E-state index contributed by atoms with van der Waals surface area (Å²) in [6, 6.07) is 0.440. The molecule has 0 aromatic carbocycles. The molecule has 14 heavy (non-hydrogen) atoms. The van der Waals surface area contributed by atoms with Crippen LogP contribution in [0, 0.1) is 0 Å². The summed E-state index contributed by atoms with van der Waals surface area (Å²) in [6.45, 7) is 1.93. The number of amides is 1. The van der Waals surface area contributed by atoms with E-state index >= 15 is 0 Å². The van der Waals surface area contributed by atoms with Crippen LogP contribution in [-0.2, 0) is 4.79 Å². The molecule has 0 aromatic rings. The van der Waals surface area contributed by atoms with Crippen molar-refractivity contribution in [3.05, 3.63) is 0 Å². The van der Waals surface area contributed by atoms with Crippen LogP contribution in [0.3, 0.4) is 0 Å². The molecule has 1 aliphatic rings. The van der Waals surface area contributed by atoms with E-state index in [-0.39, 0.29) is 11.9 Å². The van der Waals surface area contributed by atoms with Gasteiger partial charge in [-0.2, -0.15) is 11.8 Å². The summed E-state index contributed by atoms with van der Waals surface area (Å²) in [5.74, 6) is 0.0803. The zero-order valence-corrected chi connectivity index (χ0v) is 9.99. The molecule has 1 aliphatic carbocycles. The van der Waals surface area contributed by atoms with Gasteiger partial charge >= 0.3 is 0 Å². The highest BCUT2D eigenvalue weighted by atomic mass is 32.2. The molecule has 82 valence electrons. The van der Waals surface area contributed by atoms with Gasteiger partial charge in [-0.05, 0) is 26.0 Å². The van der Waals surface area contributed by atoms with E-state index in [2.05, 4.69) is 16.9 Å². The average molecular weight is 216 g/mol. The van der Waals surface area contributed by atoms with E-state index in [1.807, 2.05) is 18.7 Å². The highest BCUT2D eigenvalue weighted by molar-refractivity contribution is 7.99. The molecule has 0 aliphatic heterocycles. The molecule has 3 atom stereocenters. The van der Waals surface area contributed by atoms with Crippen LogP contribution in [0.2, 0.25) is 0 Å². The molecule has 1 fully saturated rings. The molecule has 1 rings (SSSR count).